The smallest absolute Gasteiger partial charge is 0.228 e. The molecule has 1 atom stereocenters. The van der Waals surface area contributed by atoms with Gasteiger partial charge in [0.25, 0.3) is 0 Å². The van der Waals surface area contributed by atoms with Crippen LogP contribution in [0.15, 0.2) is 35.7 Å². The zero-order valence-corrected chi connectivity index (χ0v) is 13.6. The van der Waals surface area contributed by atoms with E-state index in [1.807, 2.05) is 40.6 Å². The highest BCUT2D eigenvalue weighted by Gasteiger charge is 2.34. The van der Waals surface area contributed by atoms with Gasteiger partial charge >= 0.3 is 0 Å². The average molecular weight is 315 g/mol. The van der Waals surface area contributed by atoms with Gasteiger partial charge in [0.1, 0.15) is 5.01 Å². The fourth-order valence-electron chi connectivity index (χ4n) is 2.77. The molecule has 3 rings (SSSR count). The minimum Gasteiger partial charge on any atom is -0.342 e. The van der Waals surface area contributed by atoms with Crippen LogP contribution in [-0.4, -0.2) is 35.4 Å². The van der Waals surface area contributed by atoms with E-state index >= 15 is 0 Å². The first-order valence-corrected chi connectivity index (χ1v) is 8.45. The number of nitrogens with two attached hydrogens (primary N) is 1. The third-order valence-corrected chi connectivity index (χ3v) is 5.25. The summed E-state index contributed by atoms with van der Waals surface area (Å²) in [4.78, 5) is 18.9. The lowest BCUT2D eigenvalue weighted by atomic mass is 9.90. The molecule has 1 saturated heterocycles. The van der Waals surface area contributed by atoms with E-state index in [-0.39, 0.29) is 11.3 Å². The lowest BCUT2D eigenvalue weighted by molar-refractivity contribution is -0.129. The molecule has 0 saturated carbocycles. The second-order valence-corrected chi connectivity index (χ2v) is 7.12. The lowest BCUT2D eigenvalue weighted by Gasteiger charge is -2.22. The predicted octanol–water partition coefficient (Wildman–Crippen LogP) is 2.55. The second kappa shape index (κ2) is 6.18. The van der Waals surface area contributed by atoms with E-state index < -0.39 is 0 Å². The maximum Gasteiger partial charge on any atom is 0.228 e. The molecular weight excluding hydrogens is 294 g/mol. The van der Waals surface area contributed by atoms with Gasteiger partial charge in [-0.3, -0.25) is 4.79 Å². The summed E-state index contributed by atoms with van der Waals surface area (Å²) >= 11 is 1.59. The number of thiazole rings is 1. The molecule has 0 aliphatic carbocycles. The molecular formula is C17H21N3OS. The topological polar surface area (TPSA) is 59.2 Å². The quantitative estimate of drug-likeness (QED) is 0.943. The number of carbonyl (C=O) groups excluding carboxylic acids is 1. The highest BCUT2D eigenvalue weighted by atomic mass is 32.1. The lowest BCUT2D eigenvalue weighted by Crippen LogP contribution is -2.35. The molecule has 2 heterocycles. The van der Waals surface area contributed by atoms with Gasteiger partial charge in [-0.2, -0.15) is 0 Å². The molecule has 0 radical (unpaired) electrons. The van der Waals surface area contributed by atoms with Crippen LogP contribution in [0.25, 0.3) is 10.6 Å². The van der Waals surface area contributed by atoms with E-state index in [4.69, 9.17) is 5.73 Å². The van der Waals surface area contributed by atoms with Crippen LogP contribution in [0.5, 0.6) is 0 Å². The summed E-state index contributed by atoms with van der Waals surface area (Å²) in [6, 6.07) is 10.1. The van der Waals surface area contributed by atoms with Crippen LogP contribution in [0, 0.1) is 5.41 Å². The summed E-state index contributed by atoms with van der Waals surface area (Å²) in [5.41, 5.74) is 7.84. The minimum absolute atomic E-state index is 0.0763. The Morgan fingerprint density at radius 2 is 2.18 bits per heavy atom. The molecule has 2 N–H and O–H groups in total. The van der Waals surface area contributed by atoms with Crippen LogP contribution in [-0.2, 0) is 11.2 Å². The molecule has 2 aromatic rings. The maximum atomic E-state index is 12.4. The van der Waals surface area contributed by atoms with Gasteiger partial charge in [-0.05, 0) is 18.4 Å². The Morgan fingerprint density at radius 3 is 2.86 bits per heavy atom. The van der Waals surface area contributed by atoms with Crippen molar-refractivity contribution >= 4 is 17.2 Å². The van der Waals surface area contributed by atoms with Crippen molar-refractivity contribution in [3.8, 4) is 10.6 Å². The summed E-state index contributed by atoms with van der Waals surface area (Å²) in [6.07, 6.45) is 1.37. The number of nitrogens with zero attached hydrogens (tertiary/aromatic N) is 2. The van der Waals surface area contributed by atoms with Crippen molar-refractivity contribution in [2.45, 2.75) is 19.8 Å². The average Bonchev–Trinajstić information content (AvgIpc) is 3.16. The van der Waals surface area contributed by atoms with Crippen LogP contribution >= 0.6 is 11.3 Å². The SMILES string of the molecule is CC1(CN)CCN(C(=O)Cc2csc(-c3ccccc3)n2)C1. The van der Waals surface area contributed by atoms with Crippen molar-refractivity contribution in [2.24, 2.45) is 11.1 Å². The molecule has 116 valence electrons. The number of aromatic nitrogens is 1. The number of amides is 1. The highest BCUT2D eigenvalue weighted by molar-refractivity contribution is 7.13. The molecule has 4 nitrogen and oxygen atoms in total. The van der Waals surface area contributed by atoms with Crippen molar-refractivity contribution in [2.75, 3.05) is 19.6 Å². The zero-order chi connectivity index (χ0) is 15.6. The number of likely N-dealkylation sites (tertiary alicyclic amines) is 1. The molecule has 1 amide bonds. The molecule has 5 heteroatoms. The fraction of sp³-hybridized carbons (Fsp3) is 0.412. The van der Waals surface area contributed by atoms with Gasteiger partial charge < -0.3 is 10.6 Å². The molecule has 22 heavy (non-hydrogen) atoms. The van der Waals surface area contributed by atoms with E-state index in [1.54, 1.807) is 11.3 Å². The van der Waals surface area contributed by atoms with Gasteiger partial charge in [-0.25, -0.2) is 4.98 Å². The standard InChI is InChI=1S/C17H21N3OS/c1-17(11-18)7-8-20(12-17)15(21)9-14-10-22-16(19-14)13-5-3-2-4-6-13/h2-6,10H,7-9,11-12,18H2,1H3. The van der Waals surface area contributed by atoms with E-state index in [9.17, 15) is 4.79 Å². The molecule has 0 bridgehead atoms. The first kappa shape index (κ1) is 15.2. The third kappa shape index (κ3) is 3.20. The van der Waals surface area contributed by atoms with Gasteiger partial charge in [0.15, 0.2) is 0 Å². The Morgan fingerprint density at radius 1 is 1.41 bits per heavy atom. The Bertz CT molecular complexity index is 655. The largest absolute Gasteiger partial charge is 0.342 e. The predicted molar refractivity (Wildman–Crippen MR) is 89.6 cm³/mol. The first-order chi connectivity index (χ1) is 10.6. The minimum atomic E-state index is 0.0763. The van der Waals surface area contributed by atoms with E-state index in [2.05, 4.69) is 11.9 Å². The third-order valence-electron chi connectivity index (χ3n) is 4.31. The van der Waals surface area contributed by atoms with Crippen LogP contribution in [0.2, 0.25) is 0 Å². The molecule has 0 spiro atoms. The summed E-state index contributed by atoms with van der Waals surface area (Å²) < 4.78 is 0. The highest BCUT2D eigenvalue weighted by Crippen LogP contribution is 2.29. The summed E-state index contributed by atoms with van der Waals surface area (Å²) in [7, 11) is 0. The van der Waals surface area contributed by atoms with Crippen molar-refractivity contribution in [1.29, 1.82) is 0 Å². The van der Waals surface area contributed by atoms with E-state index in [0.717, 1.165) is 35.8 Å². The normalized spacial score (nSPS) is 21.3. The zero-order valence-electron chi connectivity index (χ0n) is 12.8. The molecule has 1 aromatic carbocycles. The summed E-state index contributed by atoms with van der Waals surface area (Å²) in [5, 5.41) is 2.95. The van der Waals surface area contributed by atoms with Gasteiger partial charge in [0, 0.05) is 24.0 Å². The number of rotatable bonds is 4. The van der Waals surface area contributed by atoms with Gasteiger partial charge in [-0.1, -0.05) is 37.3 Å². The van der Waals surface area contributed by atoms with Crippen molar-refractivity contribution in [3.63, 3.8) is 0 Å². The van der Waals surface area contributed by atoms with Crippen LogP contribution in [0.4, 0.5) is 0 Å². The molecule has 1 fully saturated rings. The molecule has 1 aliphatic rings. The Labute approximate surface area is 135 Å². The number of benzene rings is 1. The van der Waals surface area contributed by atoms with Crippen molar-refractivity contribution < 1.29 is 4.79 Å². The maximum absolute atomic E-state index is 12.4. The van der Waals surface area contributed by atoms with Gasteiger partial charge in [0.2, 0.25) is 5.91 Å². The van der Waals surface area contributed by atoms with Crippen LogP contribution in [0.1, 0.15) is 19.0 Å². The van der Waals surface area contributed by atoms with E-state index in [1.165, 1.54) is 0 Å². The molecule has 1 unspecified atom stereocenters. The first-order valence-electron chi connectivity index (χ1n) is 7.57. The number of hydrogen-bond acceptors (Lipinski definition) is 4. The van der Waals surface area contributed by atoms with Crippen molar-refractivity contribution in [3.05, 3.63) is 41.4 Å². The van der Waals surface area contributed by atoms with Crippen molar-refractivity contribution in [1.82, 2.24) is 9.88 Å². The monoisotopic (exact) mass is 315 g/mol. The molecule has 1 aliphatic heterocycles. The summed E-state index contributed by atoms with van der Waals surface area (Å²) in [5.74, 6) is 0.155. The Balaban J connectivity index is 1.65. The Hall–Kier alpha value is -1.72. The van der Waals surface area contributed by atoms with Gasteiger partial charge in [-0.15, -0.1) is 11.3 Å². The van der Waals surface area contributed by atoms with Crippen LogP contribution in [0.3, 0.4) is 0 Å². The fourth-order valence-corrected chi connectivity index (χ4v) is 3.60. The van der Waals surface area contributed by atoms with Crippen LogP contribution < -0.4 is 5.73 Å². The van der Waals surface area contributed by atoms with Gasteiger partial charge in [0.05, 0.1) is 12.1 Å². The number of carbonyl (C=O) groups is 1. The molecule has 1 aromatic heterocycles. The Kier molecular flexibility index (Phi) is 4.27. The number of hydrogen-bond donors (Lipinski definition) is 1. The second-order valence-electron chi connectivity index (χ2n) is 6.27. The van der Waals surface area contributed by atoms with E-state index in [0.29, 0.717) is 13.0 Å². The summed E-state index contributed by atoms with van der Waals surface area (Å²) in [6.45, 7) is 4.35.